The summed E-state index contributed by atoms with van der Waals surface area (Å²) in [6, 6.07) is -0.846. The third-order valence-electron chi connectivity index (χ3n) is 3.11. The van der Waals surface area contributed by atoms with Gasteiger partial charge in [-0.2, -0.15) is 0 Å². The molecule has 0 aliphatic carbocycles. The Morgan fingerprint density at radius 3 is 2.62 bits per heavy atom. The summed E-state index contributed by atoms with van der Waals surface area (Å²) < 4.78 is 4.43. The third-order valence-corrected chi connectivity index (χ3v) is 4.74. The van der Waals surface area contributed by atoms with E-state index in [-0.39, 0.29) is 0 Å². The van der Waals surface area contributed by atoms with Crippen LogP contribution < -0.4 is 5.73 Å². The van der Waals surface area contributed by atoms with E-state index in [0.717, 1.165) is 0 Å². The van der Waals surface area contributed by atoms with Gasteiger partial charge in [-0.25, -0.2) is 4.79 Å². The Bertz CT molecular complexity index is 373. The average molecular weight is 246 g/mol. The Balaban J connectivity index is 2.35. The fourth-order valence-electron chi connectivity index (χ4n) is 2.24. The Morgan fingerprint density at radius 2 is 2.19 bits per heavy atom. The summed E-state index contributed by atoms with van der Waals surface area (Å²) in [6.07, 6.45) is 0. The van der Waals surface area contributed by atoms with Crippen molar-refractivity contribution in [3.63, 3.8) is 0 Å². The highest BCUT2D eigenvalue weighted by atomic mass is 32.2. The van der Waals surface area contributed by atoms with Gasteiger partial charge in [0.2, 0.25) is 5.72 Å². The van der Waals surface area contributed by atoms with Crippen molar-refractivity contribution in [3.05, 3.63) is 0 Å². The molecule has 90 valence electrons. The number of aliphatic carboxylic acids is 1. The summed E-state index contributed by atoms with van der Waals surface area (Å²) in [6.45, 7) is 3.58. The van der Waals surface area contributed by atoms with Gasteiger partial charge in [-0.15, -0.1) is 11.8 Å². The van der Waals surface area contributed by atoms with Gasteiger partial charge in [0.25, 0.3) is 5.91 Å². The Kier molecular flexibility index (Phi) is 2.28. The lowest BCUT2D eigenvalue weighted by atomic mass is 9.94. The van der Waals surface area contributed by atoms with E-state index in [0.29, 0.717) is 0 Å². The van der Waals surface area contributed by atoms with Crippen LogP contribution in [0.15, 0.2) is 0 Å². The second-order valence-electron chi connectivity index (χ2n) is 4.52. The predicted molar refractivity (Wildman–Crippen MR) is 57.7 cm³/mol. The first kappa shape index (κ1) is 11.7. The van der Waals surface area contributed by atoms with E-state index in [4.69, 9.17) is 15.6 Å². The molecule has 0 spiro atoms. The average Bonchev–Trinajstić information content (AvgIpc) is 2.46. The number of carbonyl (C=O) groups excluding carboxylic acids is 1. The molecule has 0 aromatic heterocycles. The number of amides is 1. The van der Waals surface area contributed by atoms with Gasteiger partial charge in [0, 0.05) is 11.9 Å². The molecule has 0 bridgehead atoms. The second kappa shape index (κ2) is 3.12. The Hall–Kier alpha value is -0.790. The van der Waals surface area contributed by atoms with Gasteiger partial charge in [0.05, 0.1) is 0 Å². The van der Waals surface area contributed by atoms with Crippen molar-refractivity contribution in [2.75, 3.05) is 7.11 Å². The number of thioether (sulfide) groups is 1. The molecule has 2 aliphatic rings. The van der Waals surface area contributed by atoms with Crippen molar-refractivity contribution in [1.29, 1.82) is 0 Å². The minimum atomic E-state index is -1.37. The topological polar surface area (TPSA) is 92.9 Å². The number of carboxylic acid groups (broad SMARTS) is 1. The number of hydrogen-bond acceptors (Lipinski definition) is 5. The molecule has 0 radical (unpaired) electrons. The maximum atomic E-state index is 11.8. The highest BCUT2D eigenvalue weighted by molar-refractivity contribution is 8.01. The standard InChI is InChI=1S/C9H14N2O4S/c1-8(2)4(5(12)13)11-6(14)9(10,15-3)7(11)16-8/h4,7H,10H2,1-3H3,(H,12,13)/t4-,7+,9-/m0/s1. The number of nitrogens with two attached hydrogens (primary N) is 1. The second-order valence-corrected chi connectivity index (χ2v) is 6.26. The predicted octanol–water partition coefficient (Wildman–Crippen LogP) is -0.565. The van der Waals surface area contributed by atoms with Crippen LogP contribution >= 0.6 is 11.8 Å². The molecule has 1 amide bonds. The first-order valence-corrected chi connectivity index (χ1v) is 5.71. The van der Waals surface area contributed by atoms with Crippen LogP contribution in [0.5, 0.6) is 0 Å². The number of fused-ring (bicyclic) bond motifs is 1. The highest BCUT2D eigenvalue weighted by Crippen LogP contribution is 2.54. The fraction of sp³-hybridized carbons (Fsp3) is 0.778. The largest absolute Gasteiger partial charge is 0.480 e. The minimum Gasteiger partial charge on any atom is -0.480 e. The molecule has 3 atom stereocenters. The van der Waals surface area contributed by atoms with Crippen LogP contribution in [0.2, 0.25) is 0 Å². The number of rotatable bonds is 2. The van der Waals surface area contributed by atoms with Crippen molar-refractivity contribution < 1.29 is 19.4 Å². The van der Waals surface area contributed by atoms with Gasteiger partial charge in [0.15, 0.2) is 0 Å². The van der Waals surface area contributed by atoms with E-state index in [1.807, 2.05) is 0 Å². The summed E-state index contributed by atoms with van der Waals surface area (Å²) in [4.78, 5) is 24.3. The molecular formula is C9H14N2O4S. The van der Waals surface area contributed by atoms with Crippen molar-refractivity contribution in [2.24, 2.45) is 5.73 Å². The number of methoxy groups -OCH3 is 1. The van der Waals surface area contributed by atoms with Gasteiger partial charge in [0.1, 0.15) is 11.4 Å². The molecule has 16 heavy (non-hydrogen) atoms. The van der Waals surface area contributed by atoms with Crippen molar-refractivity contribution >= 4 is 23.6 Å². The van der Waals surface area contributed by atoms with Crippen LogP contribution in [0, 0.1) is 0 Å². The van der Waals surface area contributed by atoms with Crippen LogP contribution in [-0.4, -0.2) is 50.9 Å². The number of nitrogens with zero attached hydrogens (tertiary/aromatic N) is 1. The normalized spacial score (nSPS) is 40.5. The number of carbonyl (C=O) groups is 2. The molecule has 0 unspecified atom stereocenters. The first-order chi connectivity index (χ1) is 7.25. The fourth-order valence-corrected chi connectivity index (χ4v) is 3.86. The maximum Gasteiger partial charge on any atom is 0.327 e. The lowest BCUT2D eigenvalue weighted by Gasteiger charge is -2.49. The van der Waals surface area contributed by atoms with Gasteiger partial charge >= 0.3 is 5.97 Å². The van der Waals surface area contributed by atoms with Crippen LogP contribution in [0.25, 0.3) is 0 Å². The van der Waals surface area contributed by atoms with Crippen molar-refractivity contribution in [2.45, 2.75) is 35.7 Å². The molecule has 2 rings (SSSR count). The zero-order valence-electron chi connectivity index (χ0n) is 9.26. The van der Waals surface area contributed by atoms with E-state index in [1.165, 1.54) is 23.8 Å². The zero-order valence-corrected chi connectivity index (χ0v) is 10.1. The lowest BCUT2D eigenvalue weighted by Crippen LogP contribution is -2.78. The highest BCUT2D eigenvalue weighted by Gasteiger charge is 2.70. The molecule has 0 aromatic carbocycles. The summed E-state index contributed by atoms with van der Waals surface area (Å²) in [5, 5.41) is 8.73. The summed E-state index contributed by atoms with van der Waals surface area (Å²) >= 11 is 1.36. The molecular weight excluding hydrogens is 232 g/mol. The van der Waals surface area contributed by atoms with Crippen molar-refractivity contribution in [1.82, 2.24) is 4.90 Å². The minimum absolute atomic E-state index is 0.416. The van der Waals surface area contributed by atoms with Gasteiger partial charge in [-0.1, -0.05) is 0 Å². The van der Waals surface area contributed by atoms with Crippen LogP contribution in [0.3, 0.4) is 0 Å². The molecule has 7 heteroatoms. The number of carboxylic acids is 1. The van der Waals surface area contributed by atoms with Crippen LogP contribution in [0.4, 0.5) is 0 Å². The number of β-lactam (4-membered cyclic amide) rings is 1. The summed E-state index contributed by atoms with van der Waals surface area (Å²) in [5.74, 6) is -1.46. The maximum absolute atomic E-state index is 11.8. The third kappa shape index (κ3) is 1.16. The molecule has 3 N–H and O–H groups in total. The van der Waals surface area contributed by atoms with E-state index in [1.54, 1.807) is 13.8 Å². The Labute approximate surface area is 97.1 Å². The molecule has 0 saturated carbocycles. The van der Waals surface area contributed by atoms with E-state index in [9.17, 15) is 9.59 Å². The van der Waals surface area contributed by atoms with Crippen LogP contribution in [-0.2, 0) is 14.3 Å². The SMILES string of the molecule is CO[C@@]1(N)C(=O)N2[C@@H](C(=O)O)C(C)(C)S[C@@H]21. The monoisotopic (exact) mass is 246 g/mol. The summed E-state index contributed by atoms with van der Waals surface area (Å²) in [5.41, 5.74) is 4.42. The lowest BCUT2D eigenvalue weighted by molar-refractivity contribution is -0.192. The molecule has 2 aliphatic heterocycles. The first-order valence-electron chi connectivity index (χ1n) is 4.83. The number of hydrogen-bond donors (Lipinski definition) is 2. The smallest absolute Gasteiger partial charge is 0.327 e. The Morgan fingerprint density at radius 1 is 1.62 bits per heavy atom. The van der Waals surface area contributed by atoms with Crippen LogP contribution in [0.1, 0.15) is 13.8 Å². The van der Waals surface area contributed by atoms with E-state index >= 15 is 0 Å². The van der Waals surface area contributed by atoms with Gasteiger partial charge in [-0.05, 0) is 13.8 Å². The van der Waals surface area contributed by atoms with Gasteiger partial charge in [-0.3, -0.25) is 10.5 Å². The quantitative estimate of drug-likeness (QED) is 0.501. The molecule has 2 fully saturated rings. The zero-order chi connectivity index (χ0) is 12.3. The molecule has 2 heterocycles. The molecule has 0 aromatic rings. The van der Waals surface area contributed by atoms with E-state index in [2.05, 4.69) is 0 Å². The molecule has 2 saturated heterocycles. The van der Waals surface area contributed by atoms with Crippen molar-refractivity contribution in [3.8, 4) is 0 Å². The summed E-state index contributed by atoms with van der Waals surface area (Å²) in [7, 11) is 1.36. The van der Waals surface area contributed by atoms with Gasteiger partial charge < -0.3 is 14.7 Å². The number of ether oxygens (including phenoxy) is 1. The van der Waals surface area contributed by atoms with E-state index < -0.39 is 33.8 Å². The molecule has 6 nitrogen and oxygen atoms in total.